The minimum absolute atomic E-state index is 0.0102. The van der Waals surface area contributed by atoms with E-state index in [-0.39, 0.29) is 22.8 Å². The Morgan fingerprint density at radius 3 is 2.53 bits per heavy atom. The lowest BCUT2D eigenvalue weighted by molar-refractivity contribution is 0.0998. The summed E-state index contributed by atoms with van der Waals surface area (Å²) in [7, 11) is 0. The normalized spacial score (nSPS) is 14.5. The Hall–Kier alpha value is -3.56. The van der Waals surface area contributed by atoms with Gasteiger partial charge >= 0.3 is 5.91 Å². The molecular formula is C26H35N5O5. The van der Waals surface area contributed by atoms with Crippen LogP contribution in [0.1, 0.15) is 81.3 Å². The Kier molecular flexibility index (Phi) is 8.95. The fourth-order valence-corrected chi connectivity index (χ4v) is 4.65. The maximum absolute atomic E-state index is 12.6. The van der Waals surface area contributed by atoms with E-state index in [1.165, 1.54) is 12.3 Å². The summed E-state index contributed by atoms with van der Waals surface area (Å²) in [5.74, 6) is -0.680. The second-order valence-corrected chi connectivity index (χ2v) is 10.3. The number of phenols is 1. The van der Waals surface area contributed by atoms with Crippen molar-refractivity contribution in [2.45, 2.75) is 71.8 Å². The van der Waals surface area contributed by atoms with E-state index in [0.717, 1.165) is 50.6 Å². The van der Waals surface area contributed by atoms with Crippen molar-refractivity contribution in [1.29, 1.82) is 5.53 Å². The first-order valence-electron chi connectivity index (χ1n) is 12.4. The summed E-state index contributed by atoms with van der Waals surface area (Å²) >= 11 is 0. The standard InChI is InChI=1S/C26H35N5O5/c1-26(2,3)24-13-17-12-23(36-11-9-7-5-4-6-8-10-28-30-27)22(33)14-18(17)20-15-21(32)19(16-31(20)24)25(34)29-35/h12,14-16,24,33H,4-11,13H2,1-3H3,(H2,27,28). The smallest absolute Gasteiger partial charge is 0.322 e. The van der Waals surface area contributed by atoms with E-state index in [1.807, 2.05) is 10.6 Å². The molecule has 0 radical (unpaired) electrons. The van der Waals surface area contributed by atoms with Crippen molar-refractivity contribution in [2.24, 2.45) is 15.8 Å². The number of hydrogen-bond acceptors (Lipinski definition) is 7. The van der Waals surface area contributed by atoms with Gasteiger partial charge in [-0.2, -0.15) is 5.53 Å². The van der Waals surface area contributed by atoms with Crippen LogP contribution in [0.15, 0.2) is 39.6 Å². The Balaban J connectivity index is 1.74. The lowest BCUT2D eigenvalue weighted by atomic mass is 9.78. The number of fused-ring (bicyclic) bond motifs is 3. The number of nitroso groups, excluding NO2 is 1. The fourth-order valence-electron chi connectivity index (χ4n) is 4.65. The number of carbonyl (C=O) groups excluding carboxylic acids is 1. The van der Waals surface area contributed by atoms with Crippen molar-refractivity contribution < 1.29 is 14.6 Å². The number of ether oxygens (including phenoxy) is 1. The van der Waals surface area contributed by atoms with Crippen LogP contribution in [0.4, 0.5) is 0 Å². The molecule has 1 unspecified atom stereocenters. The molecule has 194 valence electrons. The molecule has 0 fully saturated rings. The van der Waals surface area contributed by atoms with Gasteiger partial charge in [-0.05, 0) is 42.4 Å². The summed E-state index contributed by atoms with van der Waals surface area (Å²) < 4.78 is 7.75. The third-order valence-corrected chi connectivity index (χ3v) is 6.62. The summed E-state index contributed by atoms with van der Waals surface area (Å²) in [4.78, 5) is 35.3. The van der Waals surface area contributed by atoms with E-state index >= 15 is 0 Å². The molecule has 0 bridgehead atoms. The van der Waals surface area contributed by atoms with Crippen LogP contribution in [-0.2, 0) is 6.42 Å². The van der Waals surface area contributed by atoms with Crippen LogP contribution in [0.5, 0.6) is 11.5 Å². The molecular weight excluding hydrogens is 462 g/mol. The molecule has 10 nitrogen and oxygen atoms in total. The van der Waals surface area contributed by atoms with Gasteiger partial charge in [0.2, 0.25) is 0 Å². The SMILES string of the molecule is CC(C)(C)C1Cc2cc(OCCCCCCCCNN=N)c(O)cc2-c2cc(=O)c(C(=O)N=O)cn21. The maximum atomic E-state index is 12.6. The number of nitrogens with one attached hydrogen (secondary N) is 2. The molecule has 0 saturated heterocycles. The van der Waals surface area contributed by atoms with Crippen molar-refractivity contribution in [2.75, 3.05) is 13.2 Å². The highest BCUT2D eigenvalue weighted by Gasteiger charge is 2.34. The van der Waals surface area contributed by atoms with E-state index in [1.54, 1.807) is 6.07 Å². The van der Waals surface area contributed by atoms with Gasteiger partial charge in [0.15, 0.2) is 16.9 Å². The topological polar surface area (TPSA) is 146 Å². The molecule has 10 heteroatoms. The number of aromatic hydroxyl groups is 1. The lowest BCUT2D eigenvalue weighted by Crippen LogP contribution is -2.32. The van der Waals surface area contributed by atoms with Gasteiger partial charge in [0.1, 0.15) is 5.56 Å². The van der Waals surface area contributed by atoms with E-state index in [9.17, 15) is 19.6 Å². The molecule has 2 heterocycles. The molecule has 1 atom stereocenters. The molecule has 0 aliphatic carbocycles. The van der Waals surface area contributed by atoms with Gasteiger partial charge < -0.3 is 14.4 Å². The number of rotatable bonds is 12. The minimum atomic E-state index is -1.09. The summed E-state index contributed by atoms with van der Waals surface area (Å²) in [6.07, 6.45) is 8.24. The van der Waals surface area contributed by atoms with Gasteiger partial charge in [0.25, 0.3) is 0 Å². The first-order chi connectivity index (χ1) is 17.2. The van der Waals surface area contributed by atoms with Crippen LogP contribution in [0.25, 0.3) is 11.3 Å². The fraction of sp³-hybridized carbons (Fsp3) is 0.538. The van der Waals surface area contributed by atoms with Gasteiger partial charge in [-0.3, -0.25) is 15.0 Å². The first-order valence-corrected chi connectivity index (χ1v) is 12.4. The van der Waals surface area contributed by atoms with Crippen LogP contribution >= 0.6 is 0 Å². The van der Waals surface area contributed by atoms with Crippen molar-refractivity contribution in [3.8, 4) is 22.8 Å². The van der Waals surface area contributed by atoms with Crippen LogP contribution in [0.2, 0.25) is 0 Å². The predicted octanol–water partition coefficient (Wildman–Crippen LogP) is 5.53. The Morgan fingerprint density at radius 2 is 1.86 bits per heavy atom. The van der Waals surface area contributed by atoms with Gasteiger partial charge in [0.05, 0.1) is 12.3 Å². The molecule has 0 spiro atoms. The van der Waals surface area contributed by atoms with Gasteiger partial charge in [0, 0.05) is 35.6 Å². The first kappa shape index (κ1) is 27.0. The number of unbranched alkanes of at least 4 members (excludes halogenated alkanes) is 5. The van der Waals surface area contributed by atoms with Crippen LogP contribution in [0, 0.1) is 15.9 Å². The van der Waals surface area contributed by atoms with E-state index in [4.69, 9.17) is 10.3 Å². The summed E-state index contributed by atoms with van der Waals surface area (Å²) in [5.41, 5.74) is 10.5. The maximum Gasteiger partial charge on any atom is 0.322 e. The van der Waals surface area contributed by atoms with Crippen LogP contribution < -0.4 is 15.6 Å². The third kappa shape index (κ3) is 6.35. The number of pyridine rings is 1. The minimum Gasteiger partial charge on any atom is -0.504 e. The number of aromatic nitrogens is 1. The molecule has 3 rings (SSSR count). The number of phenolic OH excluding ortho intramolecular Hbond substituents is 1. The lowest BCUT2D eigenvalue weighted by Gasteiger charge is -2.39. The second-order valence-electron chi connectivity index (χ2n) is 10.3. The zero-order valence-electron chi connectivity index (χ0n) is 21.2. The Bertz CT molecular complexity index is 1170. The van der Waals surface area contributed by atoms with E-state index < -0.39 is 11.3 Å². The predicted molar refractivity (Wildman–Crippen MR) is 136 cm³/mol. The van der Waals surface area contributed by atoms with Crippen LogP contribution in [0.3, 0.4) is 0 Å². The molecule has 1 aliphatic rings. The largest absolute Gasteiger partial charge is 0.504 e. The molecule has 1 aliphatic heterocycles. The van der Waals surface area contributed by atoms with E-state index in [0.29, 0.717) is 30.0 Å². The zero-order chi connectivity index (χ0) is 26.3. The van der Waals surface area contributed by atoms with Crippen molar-refractivity contribution in [3.63, 3.8) is 0 Å². The summed E-state index contributed by atoms with van der Waals surface area (Å²) in [6.45, 7) is 7.44. The van der Waals surface area contributed by atoms with Crippen molar-refractivity contribution >= 4 is 5.91 Å². The summed E-state index contributed by atoms with van der Waals surface area (Å²) in [5, 5.41) is 16.2. The van der Waals surface area contributed by atoms with Gasteiger partial charge in [-0.1, -0.05) is 51.7 Å². The quantitative estimate of drug-likeness (QED) is 0.152. The molecule has 1 aromatic heterocycles. The highest BCUT2D eigenvalue weighted by atomic mass is 16.5. The highest BCUT2D eigenvalue weighted by molar-refractivity contribution is 5.94. The van der Waals surface area contributed by atoms with Crippen LogP contribution in [-0.4, -0.2) is 28.7 Å². The second kappa shape index (κ2) is 11.9. The Morgan fingerprint density at radius 1 is 1.17 bits per heavy atom. The molecule has 1 amide bonds. The number of hydrogen-bond donors (Lipinski definition) is 3. The number of carbonyl (C=O) groups is 1. The molecule has 36 heavy (non-hydrogen) atoms. The molecule has 2 aromatic rings. The number of benzene rings is 1. The van der Waals surface area contributed by atoms with Crippen molar-refractivity contribution in [3.05, 3.63) is 50.7 Å². The zero-order valence-corrected chi connectivity index (χ0v) is 21.2. The third-order valence-electron chi connectivity index (χ3n) is 6.62. The van der Waals surface area contributed by atoms with Gasteiger partial charge in [-0.15, -0.1) is 4.91 Å². The van der Waals surface area contributed by atoms with E-state index in [2.05, 4.69) is 36.6 Å². The molecule has 3 N–H and O–H groups in total. The average Bonchev–Trinajstić information content (AvgIpc) is 2.83. The number of nitrogens with zero attached hydrogens (tertiary/aromatic N) is 3. The highest BCUT2D eigenvalue weighted by Crippen LogP contribution is 2.45. The Labute approximate surface area is 210 Å². The average molecular weight is 498 g/mol. The monoisotopic (exact) mass is 497 g/mol. The van der Waals surface area contributed by atoms with Gasteiger partial charge in [-0.25, -0.2) is 0 Å². The molecule has 0 saturated carbocycles. The summed E-state index contributed by atoms with van der Waals surface area (Å²) in [6, 6.07) is 4.69. The molecule has 1 aromatic carbocycles. The number of amides is 1. The van der Waals surface area contributed by atoms with Crippen molar-refractivity contribution in [1.82, 2.24) is 9.99 Å².